The van der Waals surface area contributed by atoms with Crippen LogP contribution in [0, 0.1) is 5.92 Å². The highest BCUT2D eigenvalue weighted by Crippen LogP contribution is 2.37. The van der Waals surface area contributed by atoms with Crippen LogP contribution < -0.4 is 20.9 Å². The average molecular weight is 530 g/mol. The fraction of sp³-hybridized carbons (Fsp3) is 0.522. The molecule has 10 nitrogen and oxygen atoms in total. The van der Waals surface area contributed by atoms with Crippen molar-refractivity contribution < 1.29 is 32.3 Å². The lowest BCUT2D eigenvalue weighted by Crippen LogP contribution is -2.56. The van der Waals surface area contributed by atoms with Crippen molar-refractivity contribution in [2.45, 2.75) is 45.4 Å². The molecule has 2 atom stereocenters. The highest BCUT2D eigenvalue weighted by molar-refractivity contribution is 5.94. The van der Waals surface area contributed by atoms with Gasteiger partial charge in [-0.15, -0.1) is 12.4 Å². The maximum Gasteiger partial charge on any atom is 0.387 e. The molecule has 2 aromatic rings. The van der Waals surface area contributed by atoms with Gasteiger partial charge in [-0.3, -0.25) is 4.79 Å². The van der Waals surface area contributed by atoms with Crippen LogP contribution in [0.15, 0.2) is 22.6 Å². The lowest BCUT2D eigenvalue weighted by Gasteiger charge is -2.38. The predicted molar refractivity (Wildman–Crippen MR) is 128 cm³/mol. The van der Waals surface area contributed by atoms with E-state index in [-0.39, 0.29) is 66.3 Å². The standard InChI is InChI=1S/C23H29F2N5O5.ClH/c1-12-10-29(7-8-30(12)23(27)32)21(31)18-19(13(2)26)35-20(28-18)15-5-6-16(34-22(24)25)17(9-15)33-11-14-3-4-14;/h5-6,9,12-14,22H,3-4,7-8,10-11,26H2,1-2H3,(H2,27,32);1H/t12-,13?;/m1./s1. The van der Waals surface area contributed by atoms with E-state index >= 15 is 0 Å². The summed E-state index contributed by atoms with van der Waals surface area (Å²) in [7, 11) is 0. The summed E-state index contributed by atoms with van der Waals surface area (Å²) in [6.07, 6.45) is 2.06. The Morgan fingerprint density at radius 1 is 1.25 bits per heavy atom. The Balaban J connectivity index is 0.00000361. The topological polar surface area (TPSA) is 137 Å². The van der Waals surface area contributed by atoms with Gasteiger partial charge in [-0.25, -0.2) is 9.78 Å². The number of piperazine rings is 1. The summed E-state index contributed by atoms with van der Waals surface area (Å²) in [5.74, 6) is 0.352. The van der Waals surface area contributed by atoms with Crippen molar-refractivity contribution in [2.24, 2.45) is 17.4 Å². The summed E-state index contributed by atoms with van der Waals surface area (Å²) in [5, 5.41) is 0. The number of carbonyl (C=O) groups excluding carboxylic acids is 2. The second-order valence-electron chi connectivity index (χ2n) is 8.95. The maximum atomic E-state index is 13.3. The van der Waals surface area contributed by atoms with Crippen LogP contribution in [-0.2, 0) is 0 Å². The molecule has 4 rings (SSSR count). The SMILES string of the molecule is CC(N)c1oc(-c2ccc(OC(F)F)c(OCC3CC3)c2)nc1C(=O)N1CCN(C(N)=O)[C@H](C)C1.Cl. The lowest BCUT2D eigenvalue weighted by molar-refractivity contribution is -0.0515. The summed E-state index contributed by atoms with van der Waals surface area (Å²) in [6.45, 7) is 1.71. The first kappa shape index (κ1) is 27.5. The Morgan fingerprint density at radius 2 is 1.97 bits per heavy atom. The molecular weight excluding hydrogens is 500 g/mol. The Labute approximate surface area is 213 Å². The van der Waals surface area contributed by atoms with Crippen LogP contribution in [0.3, 0.4) is 0 Å². The van der Waals surface area contributed by atoms with Gasteiger partial charge in [0.25, 0.3) is 5.91 Å². The van der Waals surface area contributed by atoms with Crippen LogP contribution in [0.5, 0.6) is 11.5 Å². The van der Waals surface area contributed by atoms with Crippen LogP contribution in [-0.4, -0.2) is 65.6 Å². The summed E-state index contributed by atoms with van der Waals surface area (Å²) in [4.78, 5) is 32.3. The van der Waals surface area contributed by atoms with Gasteiger partial charge in [0.05, 0.1) is 12.6 Å². The Hall–Kier alpha value is -3.12. The number of hydrogen-bond acceptors (Lipinski definition) is 7. The number of halogens is 3. The number of nitrogens with two attached hydrogens (primary N) is 2. The minimum atomic E-state index is -3.00. The van der Waals surface area contributed by atoms with E-state index < -0.39 is 18.7 Å². The molecule has 1 aromatic carbocycles. The molecular formula is C23H30ClF2N5O5. The van der Waals surface area contributed by atoms with Gasteiger partial charge in [0.15, 0.2) is 23.0 Å². The molecule has 2 aliphatic rings. The lowest BCUT2D eigenvalue weighted by atomic mass is 10.1. The first-order valence-electron chi connectivity index (χ1n) is 11.5. The van der Waals surface area contributed by atoms with Crippen molar-refractivity contribution in [3.05, 3.63) is 29.7 Å². The molecule has 1 unspecified atom stereocenters. The number of aromatic nitrogens is 1. The van der Waals surface area contributed by atoms with Gasteiger partial charge in [-0.1, -0.05) is 0 Å². The van der Waals surface area contributed by atoms with E-state index in [4.69, 9.17) is 20.6 Å². The van der Waals surface area contributed by atoms with Gasteiger partial charge in [0, 0.05) is 31.2 Å². The van der Waals surface area contributed by atoms with Crippen molar-refractivity contribution in [3.8, 4) is 23.0 Å². The molecule has 0 spiro atoms. The molecule has 1 saturated heterocycles. The molecule has 1 aliphatic carbocycles. The van der Waals surface area contributed by atoms with Gasteiger partial charge < -0.3 is 35.2 Å². The molecule has 1 aliphatic heterocycles. The molecule has 3 amide bonds. The molecule has 36 heavy (non-hydrogen) atoms. The van der Waals surface area contributed by atoms with E-state index in [2.05, 4.69) is 9.72 Å². The smallest absolute Gasteiger partial charge is 0.387 e. The second-order valence-corrected chi connectivity index (χ2v) is 8.95. The number of nitrogens with zero attached hydrogens (tertiary/aromatic N) is 3. The first-order valence-corrected chi connectivity index (χ1v) is 11.5. The zero-order valence-corrected chi connectivity index (χ0v) is 20.8. The third-order valence-corrected chi connectivity index (χ3v) is 6.05. The van der Waals surface area contributed by atoms with Crippen LogP contribution in [0.2, 0.25) is 0 Å². The van der Waals surface area contributed by atoms with Crippen LogP contribution in [0.1, 0.15) is 49.0 Å². The Kier molecular flexibility index (Phi) is 8.62. The first-order chi connectivity index (χ1) is 16.6. The molecule has 1 saturated carbocycles. The zero-order chi connectivity index (χ0) is 25.3. The van der Waals surface area contributed by atoms with Crippen LogP contribution in [0.25, 0.3) is 11.5 Å². The molecule has 1 aromatic heterocycles. The monoisotopic (exact) mass is 529 g/mol. The van der Waals surface area contributed by atoms with E-state index in [0.717, 1.165) is 12.8 Å². The number of hydrogen-bond donors (Lipinski definition) is 2. The van der Waals surface area contributed by atoms with Crippen molar-refractivity contribution in [1.82, 2.24) is 14.8 Å². The fourth-order valence-electron chi connectivity index (χ4n) is 3.98. The number of benzene rings is 1. The average Bonchev–Trinajstić information content (AvgIpc) is 3.52. The Bertz CT molecular complexity index is 1090. The summed E-state index contributed by atoms with van der Waals surface area (Å²) in [5.41, 5.74) is 11.9. The van der Waals surface area contributed by atoms with Gasteiger partial charge in [-0.2, -0.15) is 8.78 Å². The molecule has 13 heteroatoms. The van der Waals surface area contributed by atoms with E-state index in [1.54, 1.807) is 18.7 Å². The normalized spacial score (nSPS) is 18.6. The second kappa shape index (κ2) is 11.3. The van der Waals surface area contributed by atoms with Crippen molar-refractivity contribution in [2.75, 3.05) is 26.2 Å². The third kappa shape index (κ3) is 6.16. The summed E-state index contributed by atoms with van der Waals surface area (Å²) in [6, 6.07) is 2.92. The molecule has 0 bridgehead atoms. The number of amides is 3. The molecule has 2 fully saturated rings. The summed E-state index contributed by atoms with van der Waals surface area (Å²) >= 11 is 0. The zero-order valence-electron chi connectivity index (χ0n) is 20.0. The van der Waals surface area contributed by atoms with Gasteiger partial charge in [0.1, 0.15) is 0 Å². The Morgan fingerprint density at radius 3 is 2.56 bits per heavy atom. The number of ether oxygens (including phenoxy) is 2. The number of alkyl halides is 2. The van der Waals surface area contributed by atoms with Gasteiger partial charge in [-0.05, 0) is 50.8 Å². The van der Waals surface area contributed by atoms with Crippen LogP contribution in [0.4, 0.5) is 13.6 Å². The maximum absolute atomic E-state index is 13.3. The van der Waals surface area contributed by atoms with Crippen molar-refractivity contribution in [3.63, 3.8) is 0 Å². The number of carbonyl (C=O) groups is 2. The summed E-state index contributed by atoms with van der Waals surface area (Å²) < 4.78 is 41.9. The number of urea groups is 1. The highest BCUT2D eigenvalue weighted by Gasteiger charge is 2.33. The largest absolute Gasteiger partial charge is 0.489 e. The quantitative estimate of drug-likeness (QED) is 0.534. The molecule has 0 radical (unpaired) electrons. The van der Waals surface area contributed by atoms with Gasteiger partial charge in [0.2, 0.25) is 5.89 Å². The molecule has 2 heterocycles. The minimum Gasteiger partial charge on any atom is -0.489 e. The van der Waals surface area contributed by atoms with E-state index in [1.807, 2.05) is 0 Å². The van der Waals surface area contributed by atoms with Crippen molar-refractivity contribution >= 4 is 24.3 Å². The fourth-order valence-corrected chi connectivity index (χ4v) is 3.98. The third-order valence-electron chi connectivity index (χ3n) is 6.05. The number of primary amides is 1. The van der Waals surface area contributed by atoms with E-state index in [9.17, 15) is 18.4 Å². The van der Waals surface area contributed by atoms with E-state index in [0.29, 0.717) is 24.6 Å². The van der Waals surface area contributed by atoms with Crippen molar-refractivity contribution in [1.29, 1.82) is 0 Å². The minimum absolute atomic E-state index is 0. The highest BCUT2D eigenvalue weighted by atomic mass is 35.5. The number of rotatable bonds is 8. The molecule has 198 valence electrons. The van der Waals surface area contributed by atoms with Crippen LogP contribution >= 0.6 is 12.4 Å². The van der Waals surface area contributed by atoms with Gasteiger partial charge >= 0.3 is 12.6 Å². The molecule has 4 N–H and O–H groups in total. The predicted octanol–water partition coefficient (Wildman–Crippen LogP) is 3.40. The number of oxazole rings is 1. The van der Waals surface area contributed by atoms with E-state index in [1.165, 1.54) is 23.1 Å².